The lowest BCUT2D eigenvalue weighted by Gasteiger charge is -2.13. The number of fused-ring (bicyclic) bond motifs is 1. The minimum Gasteiger partial charge on any atom is -0.459 e. The Balaban J connectivity index is 2.60. The lowest BCUT2D eigenvalue weighted by molar-refractivity contribution is -0.152. The topological polar surface area (TPSA) is 39.2 Å². The Morgan fingerprint density at radius 3 is 2.59 bits per heavy atom. The zero-order valence-electron chi connectivity index (χ0n) is 8.81. The van der Waals surface area contributed by atoms with Crippen molar-refractivity contribution in [1.29, 1.82) is 0 Å². The van der Waals surface area contributed by atoms with E-state index in [9.17, 15) is 13.2 Å². The normalized spacial score (nSPS) is 14.2. The molecule has 0 radical (unpaired) electrons. The van der Waals surface area contributed by atoms with E-state index < -0.39 is 12.2 Å². The molecule has 0 fully saturated rings. The summed E-state index contributed by atoms with van der Waals surface area (Å²) >= 11 is 5.77. The van der Waals surface area contributed by atoms with E-state index in [0.717, 1.165) is 0 Å². The standard InChI is InChI=1S/C11H9ClF3NO/c1-5-7-4-6(12)2-3-8(7)17-9(5)10(16)11(13,14)15/h2-4,10H,16H2,1H3. The number of hydrogen-bond donors (Lipinski definition) is 1. The quantitative estimate of drug-likeness (QED) is 0.846. The van der Waals surface area contributed by atoms with Gasteiger partial charge < -0.3 is 10.2 Å². The van der Waals surface area contributed by atoms with Crippen molar-refractivity contribution in [3.63, 3.8) is 0 Å². The van der Waals surface area contributed by atoms with Crippen LogP contribution in [0.2, 0.25) is 5.02 Å². The number of alkyl halides is 3. The summed E-state index contributed by atoms with van der Waals surface area (Å²) < 4.78 is 42.7. The van der Waals surface area contributed by atoms with E-state index in [2.05, 4.69) is 0 Å². The van der Waals surface area contributed by atoms with Crippen LogP contribution in [0.25, 0.3) is 11.0 Å². The maximum atomic E-state index is 12.5. The molecular weight excluding hydrogens is 255 g/mol. The highest BCUT2D eigenvalue weighted by molar-refractivity contribution is 6.31. The number of halogens is 4. The van der Waals surface area contributed by atoms with Crippen LogP contribution in [0.3, 0.4) is 0 Å². The van der Waals surface area contributed by atoms with Gasteiger partial charge >= 0.3 is 6.18 Å². The van der Waals surface area contributed by atoms with Gasteiger partial charge in [-0.25, -0.2) is 0 Å². The number of nitrogens with two attached hydrogens (primary N) is 1. The molecule has 0 saturated carbocycles. The molecule has 92 valence electrons. The van der Waals surface area contributed by atoms with Crippen LogP contribution in [0.5, 0.6) is 0 Å². The van der Waals surface area contributed by atoms with Crippen LogP contribution in [-0.2, 0) is 0 Å². The van der Waals surface area contributed by atoms with Crippen molar-refractivity contribution in [2.75, 3.05) is 0 Å². The monoisotopic (exact) mass is 263 g/mol. The van der Waals surface area contributed by atoms with E-state index in [1.165, 1.54) is 13.0 Å². The molecule has 6 heteroatoms. The van der Waals surface area contributed by atoms with E-state index >= 15 is 0 Å². The molecule has 0 aliphatic rings. The summed E-state index contributed by atoms with van der Waals surface area (Å²) in [5, 5.41) is 0.987. The van der Waals surface area contributed by atoms with Crippen LogP contribution in [-0.4, -0.2) is 6.18 Å². The Labute approximate surface area is 100 Å². The summed E-state index contributed by atoms with van der Waals surface area (Å²) in [5.41, 5.74) is 5.84. The predicted octanol–water partition coefficient (Wildman–Crippen LogP) is 3.96. The Morgan fingerprint density at radius 1 is 1.35 bits per heavy atom. The zero-order valence-corrected chi connectivity index (χ0v) is 9.56. The second kappa shape index (κ2) is 3.92. The van der Waals surface area contributed by atoms with Crippen LogP contribution in [0.4, 0.5) is 13.2 Å². The Hall–Kier alpha value is -1.20. The third-order valence-corrected chi connectivity index (χ3v) is 2.81. The highest BCUT2D eigenvalue weighted by atomic mass is 35.5. The first kappa shape index (κ1) is 12.3. The number of benzene rings is 1. The summed E-state index contributed by atoms with van der Waals surface area (Å²) in [4.78, 5) is 0. The predicted molar refractivity (Wildman–Crippen MR) is 58.9 cm³/mol. The van der Waals surface area contributed by atoms with Gasteiger partial charge in [0.25, 0.3) is 0 Å². The molecule has 17 heavy (non-hydrogen) atoms. The first-order valence-corrected chi connectivity index (χ1v) is 5.19. The summed E-state index contributed by atoms with van der Waals surface area (Å²) in [6.07, 6.45) is -4.53. The molecule has 2 aromatic rings. The Bertz CT molecular complexity index is 562. The lowest BCUT2D eigenvalue weighted by atomic mass is 10.1. The molecule has 2 nitrogen and oxygen atoms in total. The fourth-order valence-electron chi connectivity index (χ4n) is 1.66. The average Bonchev–Trinajstić information content (AvgIpc) is 2.54. The molecule has 0 aliphatic heterocycles. The van der Waals surface area contributed by atoms with E-state index in [1.807, 2.05) is 0 Å². The fourth-order valence-corrected chi connectivity index (χ4v) is 1.83. The van der Waals surface area contributed by atoms with E-state index in [4.69, 9.17) is 21.8 Å². The summed E-state index contributed by atoms with van der Waals surface area (Å²) in [6.45, 7) is 1.53. The highest BCUT2D eigenvalue weighted by Crippen LogP contribution is 2.37. The van der Waals surface area contributed by atoms with Gasteiger partial charge in [0.2, 0.25) is 0 Å². The van der Waals surface area contributed by atoms with Gasteiger partial charge in [0, 0.05) is 16.0 Å². The Kier molecular flexibility index (Phi) is 2.83. The van der Waals surface area contributed by atoms with Gasteiger partial charge in [0.15, 0.2) is 6.04 Å². The minimum atomic E-state index is -4.53. The number of hydrogen-bond acceptors (Lipinski definition) is 2. The molecule has 1 aromatic carbocycles. The van der Waals surface area contributed by atoms with Crippen molar-refractivity contribution in [3.05, 3.63) is 34.5 Å². The SMILES string of the molecule is Cc1c(C(N)C(F)(F)F)oc2ccc(Cl)cc12. The van der Waals surface area contributed by atoms with Gasteiger partial charge in [0.1, 0.15) is 11.3 Å². The van der Waals surface area contributed by atoms with Crippen molar-refractivity contribution in [3.8, 4) is 0 Å². The highest BCUT2D eigenvalue weighted by Gasteiger charge is 2.41. The van der Waals surface area contributed by atoms with Crippen molar-refractivity contribution in [1.82, 2.24) is 0 Å². The molecular formula is C11H9ClF3NO. The maximum Gasteiger partial charge on any atom is 0.410 e. The van der Waals surface area contributed by atoms with Gasteiger partial charge in [-0.15, -0.1) is 0 Å². The number of furan rings is 1. The molecule has 1 unspecified atom stereocenters. The third kappa shape index (κ3) is 2.12. The second-order valence-electron chi connectivity index (χ2n) is 3.75. The smallest absolute Gasteiger partial charge is 0.410 e. The van der Waals surface area contributed by atoms with Crippen molar-refractivity contribution < 1.29 is 17.6 Å². The summed E-state index contributed by atoms with van der Waals surface area (Å²) in [6, 6.07) is 2.52. The number of rotatable bonds is 1. The summed E-state index contributed by atoms with van der Waals surface area (Å²) in [5.74, 6) is -0.269. The Morgan fingerprint density at radius 2 is 2.00 bits per heavy atom. The molecule has 0 amide bonds. The number of aryl methyl sites for hydroxylation is 1. The van der Waals surface area contributed by atoms with E-state index in [0.29, 0.717) is 21.6 Å². The maximum absolute atomic E-state index is 12.5. The molecule has 1 atom stereocenters. The largest absolute Gasteiger partial charge is 0.459 e. The first-order valence-electron chi connectivity index (χ1n) is 4.81. The average molecular weight is 264 g/mol. The second-order valence-corrected chi connectivity index (χ2v) is 4.19. The van der Waals surface area contributed by atoms with Crippen LogP contribution >= 0.6 is 11.6 Å². The van der Waals surface area contributed by atoms with Crippen LogP contribution in [0.15, 0.2) is 22.6 Å². The van der Waals surface area contributed by atoms with E-state index in [-0.39, 0.29) is 5.76 Å². The zero-order chi connectivity index (χ0) is 12.8. The van der Waals surface area contributed by atoms with Gasteiger partial charge in [-0.05, 0) is 25.1 Å². The van der Waals surface area contributed by atoms with E-state index in [1.54, 1.807) is 12.1 Å². The third-order valence-electron chi connectivity index (χ3n) is 2.57. The van der Waals surface area contributed by atoms with Crippen molar-refractivity contribution in [2.24, 2.45) is 5.73 Å². The van der Waals surface area contributed by atoms with Crippen LogP contribution in [0.1, 0.15) is 17.4 Å². The molecule has 0 saturated heterocycles. The van der Waals surface area contributed by atoms with Gasteiger partial charge in [-0.1, -0.05) is 11.6 Å². The summed E-state index contributed by atoms with van der Waals surface area (Å²) in [7, 11) is 0. The van der Waals surface area contributed by atoms with Crippen LogP contribution < -0.4 is 5.73 Å². The first-order chi connectivity index (χ1) is 7.80. The molecule has 0 aliphatic carbocycles. The minimum absolute atomic E-state index is 0.269. The van der Waals surface area contributed by atoms with Crippen molar-refractivity contribution in [2.45, 2.75) is 19.1 Å². The van der Waals surface area contributed by atoms with Gasteiger partial charge in [-0.2, -0.15) is 13.2 Å². The molecule has 0 bridgehead atoms. The molecule has 1 aromatic heterocycles. The fraction of sp³-hybridized carbons (Fsp3) is 0.273. The van der Waals surface area contributed by atoms with Gasteiger partial charge in [0.05, 0.1) is 0 Å². The van der Waals surface area contributed by atoms with Gasteiger partial charge in [-0.3, -0.25) is 0 Å². The van der Waals surface area contributed by atoms with Crippen LogP contribution in [0, 0.1) is 6.92 Å². The molecule has 0 spiro atoms. The molecule has 1 heterocycles. The molecule has 2 N–H and O–H groups in total. The molecule has 2 rings (SSSR count). The lowest BCUT2D eigenvalue weighted by Crippen LogP contribution is -2.28. The van der Waals surface area contributed by atoms with Crippen molar-refractivity contribution >= 4 is 22.6 Å².